The number of nitrogens with one attached hydrogen (secondary N) is 2. The fraction of sp³-hybridized carbons (Fsp3) is 0.105. The Labute approximate surface area is 140 Å². The second-order valence-corrected chi connectivity index (χ2v) is 5.83. The molecule has 3 aromatic rings. The highest BCUT2D eigenvalue weighted by atomic mass is 35.5. The van der Waals surface area contributed by atoms with Gasteiger partial charge in [0.05, 0.1) is 6.54 Å². The summed E-state index contributed by atoms with van der Waals surface area (Å²) in [5, 5.41) is 8.91. The molecule has 3 rings (SSSR count). The van der Waals surface area contributed by atoms with E-state index in [1.165, 1.54) is 0 Å². The quantitative estimate of drug-likeness (QED) is 0.720. The summed E-state index contributed by atoms with van der Waals surface area (Å²) in [7, 11) is 0. The van der Waals surface area contributed by atoms with Crippen LogP contribution >= 0.6 is 11.6 Å². The SMILES string of the molecule is Cc1ccc(NCC(=O)Nc2ccc3ccccc3c2)cc1Cl. The van der Waals surface area contributed by atoms with Crippen LogP contribution < -0.4 is 10.6 Å². The van der Waals surface area contributed by atoms with Gasteiger partial charge in [0, 0.05) is 16.4 Å². The first kappa shape index (κ1) is 15.4. The predicted octanol–water partition coefficient (Wildman–Crippen LogP) is 4.85. The van der Waals surface area contributed by atoms with E-state index in [1.54, 1.807) is 0 Å². The predicted molar refractivity (Wildman–Crippen MR) is 97.3 cm³/mol. The molecule has 1 amide bonds. The third-order valence-electron chi connectivity index (χ3n) is 3.66. The molecule has 0 aliphatic rings. The van der Waals surface area contributed by atoms with Crippen LogP contribution in [0.1, 0.15) is 5.56 Å². The minimum atomic E-state index is -0.100. The molecule has 0 heterocycles. The van der Waals surface area contributed by atoms with Gasteiger partial charge in [0.1, 0.15) is 0 Å². The first-order valence-electron chi connectivity index (χ1n) is 7.40. The Morgan fingerprint density at radius 1 is 0.957 bits per heavy atom. The van der Waals surface area contributed by atoms with E-state index in [0.717, 1.165) is 27.7 Å². The topological polar surface area (TPSA) is 41.1 Å². The Morgan fingerprint density at radius 3 is 2.48 bits per heavy atom. The van der Waals surface area contributed by atoms with Gasteiger partial charge in [0.15, 0.2) is 0 Å². The normalized spacial score (nSPS) is 10.5. The van der Waals surface area contributed by atoms with Crippen molar-refractivity contribution < 1.29 is 4.79 Å². The second kappa shape index (κ2) is 6.71. The number of hydrogen-bond acceptors (Lipinski definition) is 2. The van der Waals surface area contributed by atoms with Crippen molar-refractivity contribution in [3.63, 3.8) is 0 Å². The fourth-order valence-corrected chi connectivity index (χ4v) is 2.54. The van der Waals surface area contributed by atoms with E-state index in [9.17, 15) is 4.79 Å². The van der Waals surface area contributed by atoms with E-state index in [2.05, 4.69) is 10.6 Å². The smallest absolute Gasteiger partial charge is 0.243 e. The van der Waals surface area contributed by atoms with Crippen molar-refractivity contribution in [1.29, 1.82) is 0 Å². The van der Waals surface area contributed by atoms with Crippen LogP contribution in [0.25, 0.3) is 10.8 Å². The number of benzene rings is 3. The molecule has 0 radical (unpaired) electrons. The van der Waals surface area contributed by atoms with Gasteiger partial charge in [-0.25, -0.2) is 0 Å². The van der Waals surface area contributed by atoms with Crippen molar-refractivity contribution in [3.05, 3.63) is 71.2 Å². The highest BCUT2D eigenvalue weighted by Gasteiger charge is 2.04. The van der Waals surface area contributed by atoms with Crippen LogP contribution in [-0.2, 0) is 4.79 Å². The maximum atomic E-state index is 12.1. The van der Waals surface area contributed by atoms with Crippen LogP contribution in [0.4, 0.5) is 11.4 Å². The maximum Gasteiger partial charge on any atom is 0.243 e. The molecule has 3 aromatic carbocycles. The van der Waals surface area contributed by atoms with Crippen LogP contribution in [-0.4, -0.2) is 12.5 Å². The van der Waals surface area contributed by atoms with Gasteiger partial charge >= 0.3 is 0 Å². The highest BCUT2D eigenvalue weighted by molar-refractivity contribution is 6.31. The molecule has 116 valence electrons. The van der Waals surface area contributed by atoms with E-state index in [4.69, 9.17) is 11.6 Å². The number of halogens is 1. The number of rotatable bonds is 4. The lowest BCUT2D eigenvalue weighted by molar-refractivity contribution is -0.114. The van der Waals surface area contributed by atoms with E-state index < -0.39 is 0 Å². The number of carbonyl (C=O) groups excluding carboxylic acids is 1. The summed E-state index contributed by atoms with van der Waals surface area (Å²) in [4.78, 5) is 12.1. The van der Waals surface area contributed by atoms with Gasteiger partial charge in [0.25, 0.3) is 0 Å². The van der Waals surface area contributed by atoms with Gasteiger partial charge in [-0.1, -0.05) is 48.0 Å². The third-order valence-corrected chi connectivity index (χ3v) is 4.07. The van der Waals surface area contributed by atoms with Crippen molar-refractivity contribution in [2.45, 2.75) is 6.92 Å². The molecule has 0 saturated carbocycles. The van der Waals surface area contributed by atoms with Gasteiger partial charge in [-0.05, 0) is 47.5 Å². The molecule has 0 saturated heterocycles. The second-order valence-electron chi connectivity index (χ2n) is 5.43. The van der Waals surface area contributed by atoms with Crippen molar-refractivity contribution >= 4 is 39.7 Å². The summed E-state index contributed by atoms with van der Waals surface area (Å²) < 4.78 is 0. The number of carbonyl (C=O) groups is 1. The summed E-state index contributed by atoms with van der Waals surface area (Å²) in [6, 6.07) is 19.6. The molecule has 0 aliphatic heterocycles. The molecular formula is C19H17ClN2O. The van der Waals surface area contributed by atoms with E-state index in [-0.39, 0.29) is 12.5 Å². The Balaban J connectivity index is 1.62. The summed E-state index contributed by atoms with van der Waals surface area (Å²) in [5.41, 5.74) is 2.63. The molecule has 2 N–H and O–H groups in total. The molecule has 0 unspecified atom stereocenters. The zero-order chi connectivity index (χ0) is 16.2. The van der Waals surface area contributed by atoms with Gasteiger partial charge in [0.2, 0.25) is 5.91 Å². The lowest BCUT2D eigenvalue weighted by Gasteiger charge is -2.09. The molecule has 0 atom stereocenters. The van der Waals surface area contributed by atoms with Gasteiger partial charge < -0.3 is 10.6 Å². The first-order chi connectivity index (χ1) is 11.1. The minimum Gasteiger partial charge on any atom is -0.376 e. The highest BCUT2D eigenvalue weighted by Crippen LogP contribution is 2.20. The van der Waals surface area contributed by atoms with E-state index >= 15 is 0 Å². The molecule has 0 bridgehead atoms. The average molecular weight is 325 g/mol. The number of anilines is 2. The first-order valence-corrected chi connectivity index (χ1v) is 7.78. The van der Waals surface area contributed by atoms with Crippen molar-refractivity contribution in [2.75, 3.05) is 17.2 Å². The zero-order valence-electron chi connectivity index (χ0n) is 12.8. The molecule has 0 fully saturated rings. The van der Waals surface area contributed by atoms with E-state index in [0.29, 0.717) is 5.02 Å². The van der Waals surface area contributed by atoms with Crippen LogP contribution in [0.5, 0.6) is 0 Å². The lowest BCUT2D eigenvalue weighted by atomic mass is 10.1. The van der Waals surface area contributed by atoms with Crippen LogP contribution in [0.2, 0.25) is 5.02 Å². The maximum absolute atomic E-state index is 12.1. The Kier molecular flexibility index (Phi) is 4.49. The average Bonchev–Trinajstić information content (AvgIpc) is 2.56. The van der Waals surface area contributed by atoms with Gasteiger partial charge in [-0.15, -0.1) is 0 Å². The molecule has 3 nitrogen and oxygen atoms in total. The summed E-state index contributed by atoms with van der Waals surface area (Å²) in [6.45, 7) is 2.13. The van der Waals surface area contributed by atoms with Crippen LogP contribution in [0.3, 0.4) is 0 Å². The number of aryl methyl sites for hydroxylation is 1. The van der Waals surface area contributed by atoms with Crippen LogP contribution in [0.15, 0.2) is 60.7 Å². The van der Waals surface area contributed by atoms with Crippen molar-refractivity contribution in [1.82, 2.24) is 0 Å². The largest absolute Gasteiger partial charge is 0.376 e. The summed E-state index contributed by atoms with van der Waals surface area (Å²) in [5.74, 6) is -0.100. The standard InChI is InChI=1S/C19H17ClN2O/c1-13-6-8-16(11-18(13)20)21-12-19(23)22-17-9-7-14-4-2-3-5-15(14)10-17/h2-11,21H,12H2,1H3,(H,22,23). The molecule has 4 heteroatoms. The van der Waals surface area contributed by atoms with E-state index in [1.807, 2.05) is 67.6 Å². The molecule has 0 spiro atoms. The Morgan fingerprint density at radius 2 is 1.70 bits per heavy atom. The van der Waals surface area contributed by atoms with Gasteiger partial charge in [-0.3, -0.25) is 4.79 Å². The Bertz CT molecular complexity index is 861. The zero-order valence-corrected chi connectivity index (χ0v) is 13.5. The number of fused-ring (bicyclic) bond motifs is 1. The van der Waals surface area contributed by atoms with Crippen molar-refractivity contribution in [2.24, 2.45) is 0 Å². The summed E-state index contributed by atoms with van der Waals surface area (Å²) >= 11 is 6.07. The van der Waals surface area contributed by atoms with Crippen molar-refractivity contribution in [3.8, 4) is 0 Å². The Hall–Kier alpha value is -2.52. The van der Waals surface area contributed by atoms with Crippen LogP contribution in [0, 0.1) is 6.92 Å². The van der Waals surface area contributed by atoms with Gasteiger partial charge in [-0.2, -0.15) is 0 Å². The molecule has 0 aromatic heterocycles. The fourth-order valence-electron chi connectivity index (χ4n) is 2.36. The number of hydrogen-bond donors (Lipinski definition) is 2. The minimum absolute atomic E-state index is 0.100. The molecule has 23 heavy (non-hydrogen) atoms. The third kappa shape index (κ3) is 3.82. The molecular weight excluding hydrogens is 308 g/mol. The molecule has 0 aliphatic carbocycles. The lowest BCUT2D eigenvalue weighted by Crippen LogP contribution is -2.21. The summed E-state index contributed by atoms with van der Waals surface area (Å²) in [6.07, 6.45) is 0. The number of amides is 1. The monoisotopic (exact) mass is 324 g/mol.